The quantitative estimate of drug-likeness (QED) is 0.756. The summed E-state index contributed by atoms with van der Waals surface area (Å²) in [5, 5.41) is -0.0291. The Balaban J connectivity index is 2.37. The molecule has 0 aliphatic heterocycles. The van der Waals surface area contributed by atoms with Crippen LogP contribution in [0.3, 0.4) is 0 Å². The van der Waals surface area contributed by atoms with Gasteiger partial charge in [0.05, 0.1) is 5.25 Å². The van der Waals surface area contributed by atoms with E-state index in [1.807, 2.05) is 36.4 Å². The predicted molar refractivity (Wildman–Crippen MR) is 68.1 cm³/mol. The molecule has 0 amide bonds. The van der Waals surface area contributed by atoms with Crippen molar-refractivity contribution in [3.05, 3.63) is 71.5 Å². The Morgan fingerprint density at radius 1 is 0.938 bits per heavy atom. The molecule has 2 rings (SSSR count). The second-order valence-corrected chi connectivity index (χ2v) is 4.62. The molecule has 2 aromatic rings. The molecule has 0 N–H and O–H groups in total. The molecule has 82 valence electrons. The van der Waals surface area contributed by atoms with Crippen LogP contribution in [0, 0.1) is 5.82 Å². The van der Waals surface area contributed by atoms with E-state index >= 15 is 0 Å². The summed E-state index contributed by atoms with van der Waals surface area (Å²) in [6, 6.07) is 16.4. The summed E-state index contributed by atoms with van der Waals surface area (Å²) in [4.78, 5) is 0. The van der Waals surface area contributed by atoms with Crippen LogP contribution in [0.5, 0.6) is 0 Å². The third-order valence-corrected chi connectivity index (χ3v) is 3.60. The molecule has 0 bridgehead atoms. The van der Waals surface area contributed by atoms with E-state index in [9.17, 15) is 4.39 Å². The summed E-state index contributed by atoms with van der Waals surface area (Å²) in [7, 11) is 7.07. The number of hydrogen-bond donors (Lipinski definition) is 0. The fourth-order valence-corrected chi connectivity index (χ4v) is 2.72. The zero-order chi connectivity index (χ0) is 11.4. The van der Waals surface area contributed by atoms with Crippen molar-refractivity contribution >= 4 is 21.7 Å². The van der Waals surface area contributed by atoms with Gasteiger partial charge in [-0.05, 0) is 44.9 Å². The minimum absolute atomic E-state index is 0.0291. The molecular weight excluding hydrogens is 243 g/mol. The lowest BCUT2D eigenvalue weighted by Gasteiger charge is -2.13. The maximum absolute atomic E-state index is 13.1. The molecule has 0 saturated carbocycles. The Hall–Kier alpha value is -0.990. The fraction of sp³-hybridized carbons (Fsp3) is 0.0769. The first-order valence-electron chi connectivity index (χ1n) is 4.89. The molecule has 0 fully saturated rings. The average molecular weight is 253 g/mol. The third kappa shape index (κ3) is 2.57. The van der Waals surface area contributed by atoms with Crippen LogP contribution in [-0.4, -0.2) is 0 Å². The maximum atomic E-state index is 13.1. The summed E-state index contributed by atoms with van der Waals surface area (Å²) >= 11 is 0. The van der Waals surface area contributed by atoms with Gasteiger partial charge in [0.25, 0.3) is 0 Å². The van der Waals surface area contributed by atoms with Crippen molar-refractivity contribution in [3.8, 4) is 0 Å². The maximum Gasteiger partial charge on any atom is 0.123 e. The van der Waals surface area contributed by atoms with E-state index in [0.29, 0.717) is 0 Å². The molecule has 16 heavy (non-hydrogen) atoms. The molecule has 1 atom stereocenters. The number of hydrogen-bond acceptors (Lipinski definition) is 1. The van der Waals surface area contributed by atoms with E-state index in [4.69, 9.17) is 10.7 Å². The van der Waals surface area contributed by atoms with Crippen LogP contribution in [0.1, 0.15) is 16.4 Å². The number of halogens is 2. The molecule has 0 saturated heterocycles. The summed E-state index contributed by atoms with van der Waals surface area (Å²) in [5.41, 5.74) is 1.96. The zero-order valence-electron chi connectivity index (χ0n) is 8.44. The molecule has 2 aromatic carbocycles. The van der Waals surface area contributed by atoms with Crippen molar-refractivity contribution in [2.75, 3.05) is 0 Å². The standard InChI is InChI=1S/C13H10ClFS/c14-16-13(10-5-2-1-3-6-10)11-7-4-8-12(15)9-11/h1-9,13H. The zero-order valence-corrected chi connectivity index (χ0v) is 10.0. The Bertz CT molecular complexity index is 458. The van der Waals surface area contributed by atoms with Gasteiger partial charge in [0, 0.05) is 0 Å². The van der Waals surface area contributed by atoms with Crippen LogP contribution in [0.15, 0.2) is 54.6 Å². The highest BCUT2D eigenvalue weighted by Gasteiger charge is 2.13. The van der Waals surface area contributed by atoms with Crippen LogP contribution < -0.4 is 0 Å². The van der Waals surface area contributed by atoms with Gasteiger partial charge in [-0.2, -0.15) is 0 Å². The molecule has 0 nitrogen and oxygen atoms in total. The highest BCUT2D eigenvalue weighted by Crippen LogP contribution is 2.37. The van der Waals surface area contributed by atoms with Crippen LogP contribution in [0.4, 0.5) is 4.39 Å². The molecule has 0 aromatic heterocycles. The molecule has 0 radical (unpaired) electrons. The largest absolute Gasteiger partial charge is 0.207 e. The first-order chi connectivity index (χ1) is 7.81. The fourth-order valence-electron chi connectivity index (χ4n) is 1.59. The van der Waals surface area contributed by atoms with Crippen molar-refractivity contribution in [2.45, 2.75) is 5.25 Å². The van der Waals surface area contributed by atoms with Gasteiger partial charge in [0.15, 0.2) is 0 Å². The Kier molecular flexibility index (Phi) is 3.86. The highest BCUT2D eigenvalue weighted by molar-refractivity contribution is 8.21. The van der Waals surface area contributed by atoms with Crippen LogP contribution in [0.25, 0.3) is 0 Å². The molecule has 1 unspecified atom stereocenters. The Morgan fingerprint density at radius 3 is 2.25 bits per heavy atom. The minimum atomic E-state index is -0.232. The van der Waals surface area contributed by atoms with Crippen LogP contribution in [-0.2, 0) is 0 Å². The van der Waals surface area contributed by atoms with Crippen molar-refractivity contribution in [2.24, 2.45) is 0 Å². The third-order valence-electron chi connectivity index (χ3n) is 2.34. The highest BCUT2D eigenvalue weighted by atomic mass is 35.7. The van der Waals surface area contributed by atoms with E-state index in [1.54, 1.807) is 6.07 Å². The van der Waals surface area contributed by atoms with Gasteiger partial charge in [-0.1, -0.05) is 42.5 Å². The van der Waals surface area contributed by atoms with Gasteiger partial charge in [0.1, 0.15) is 5.82 Å². The van der Waals surface area contributed by atoms with Gasteiger partial charge in [0.2, 0.25) is 0 Å². The molecule has 3 heteroatoms. The lowest BCUT2D eigenvalue weighted by atomic mass is 10.0. The molecule has 0 spiro atoms. The van der Waals surface area contributed by atoms with Crippen LogP contribution >= 0.6 is 21.7 Å². The first-order valence-corrected chi connectivity index (χ1v) is 6.59. The summed E-state index contributed by atoms with van der Waals surface area (Å²) in [6.07, 6.45) is 0. The van der Waals surface area contributed by atoms with E-state index in [2.05, 4.69) is 0 Å². The molecule has 0 aliphatic carbocycles. The Morgan fingerprint density at radius 2 is 1.62 bits per heavy atom. The second-order valence-electron chi connectivity index (χ2n) is 3.43. The van der Waals surface area contributed by atoms with Gasteiger partial charge in [-0.15, -0.1) is 0 Å². The average Bonchev–Trinajstić information content (AvgIpc) is 2.31. The van der Waals surface area contributed by atoms with Gasteiger partial charge in [-0.3, -0.25) is 0 Å². The summed E-state index contributed by atoms with van der Waals surface area (Å²) < 4.78 is 13.1. The second kappa shape index (κ2) is 5.37. The van der Waals surface area contributed by atoms with Gasteiger partial charge >= 0.3 is 0 Å². The van der Waals surface area contributed by atoms with E-state index < -0.39 is 0 Å². The number of rotatable bonds is 3. The summed E-state index contributed by atoms with van der Waals surface area (Å²) in [6.45, 7) is 0. The topological polar surface area (TPSA) is 0 Å². The monoisotopic (exact) mass is 252 g/mol. The normalized spacial score (nSPS) is 12.4. The van der Waals surface area contributed by atoms with Crippen molar-refractivity contribution in [1.29, 1.82) is 0 Å². The van der Waals surface area contributed by atoms with E-state index in [-0.39, 0.29) is 11.1 Å². The minimum Gasteiger partial charge on any atom is -0.207 e. The van der Waals surface area contributed by atoms with E-state index in [1.165, 1.54) is 23.1 Å². The van der Waals surface area contributed by atoms with Gasteiger partial charge in [-0.25, -0.2) is 4.39 Å². The smallest absolute Gasteiger partial charge is 0.123 e. The number of benzene rings is 2. The van der Waals surface area contributed by atoms with Crippen molar-refractivity contribution in [3.63, 3.8) is 0 Å². The van der Waals surface area contributed by atoms with Crippen LogP contribution in [0.2, 0.25) is 0 Å². The summed E-state index contributed by atoms with van der Waals surface area (Å²) in [5.74, 6) is -0.232. The van der Waals surface area contributed by atoms with Crippen molar-refractivity contribution < 1.29 is 4.39 Å². The predicted octanol–water partition coefficient (Wildman–Crippen LogP) is 4.80. The van der Waals surface area contributed by atoms with E-state index in [0.717, 1.165) is 11.1 Å². The SMILES string of the molecule is Fc1cccc(C(SCl)c2ccccc2)c1. The Labute approximate surface area is 103 Å². The lowest BCUT2D eigenvalue weighted by molar-refractivity contribution is 0.626. The van der Waals surface area contributed by atoms with Gasteiger partial charge < -0.3 is 0 Å². The molecule has 0 heterocycles. The molecule has 0 aliphatic rings. The molecular formula is C13H10ClFS. The first kappa shape index (κ1) is 11.5. The lowest BCUT2D eigenvalue weighted by Crippen LogP contribution is -1.95. The van der Waals surface area contributed by atoms with Crippen molar-refractivity contribution in [1.82, 2.24) is 0 Å².